The zero-order chi connectivity index (χ0) is 15.5. The van der Waals surface area contributed by atoms with Gasteiger partial charge in [0.05, 0.1) is 6.04 Å². The number of carbonyl (C=O) groups is 2. The molecule has 0 aliphatic carbocycles. The topological polar surface area (TPSA) is 46.6 Å². The first-order valence-electron chi connectivity index (χ1n) is 8.22. The molecule has 4 heteroatoms. The summed E-state index contributed by atoms with van der Waals surface area (Å²) in [5.74, 6) is 0.691. The number of piperidine rings is 2. The first-order chi connectivity index (χ1) is 10.7. The SMILES string of the molecule is CC[C@@H]1CC[C@@H]2C(=O)CC[C@H]1N2C(=O)OCc1ccccc1. The van der Waals surface area contributed by atoms with Crippen molar-refractivity contribution in [3.05, 3.63) is 35.9 Å². The monoisotopic (exact) mass is 301 g/mol. The molecule has 0 spiro atoms. The van der Waals surface area contributed by atoms with Crippen molar-refractivity contribution in [2.24, 2.45) is 5.92 Å². The highest BCUT2D eigenvalue weighted by atomic mass is 16.6. The van der Waals surface area contributed by atoms with Gasteiger partial charge in [0.25, 0.3) is 0 Å². The molecule has 0 N–H and O–H groups in total. The van der Waals surface area contributed by atoms with Gasteiger partial charge in [0.1, 0.15) is 6.61 Å². The van der Waals surface area contributed by atoms with Gasteiger partial charge in [-0.05, 0) is 30.7 Å². The molecule has 118 valence electrons. The smallest absolute Gasteiger partial charge is 0.410 e. The van der Waals surface area contributed by atoms with Crippen molar-refractivity contribution in [2.75, 3.05) is 0 Å². The van der Waals surface area contributed by atoms with Gasteiger partial charge in [0.15, 0.2) is 5.78 Å². The van der Waals surface area contributed by atoms with Crippen LogP contribution in [0, 0.1) is 5.92 Å². The second-order valence-electron chi connectivity index (χ2n) is 6.28. The summed E-state index contributed by atoms with van der Waals surface area (Å²) >= 11 is 0. The lowest BCUT2D eigenvalue weighted by molar-refractivity contribution is -0.132. The first kappa shape index (κ1) is 15.1. The molecule has 1 aromatic rings. The van der Waals surface area contributed by atoms with Gasteiger partial charge in [-0.1, -0.05) is 43.7 Å². The Morgan fingerprint density at radius 3 is 2.73 bits per heavy atom. The maximum Gasteiger partial charge on any atom is 0.410 e. The van der Waals surface area contributed by atoms with Crippen LogP contribution in [-0.4, -0.2) is 28.9 Å². The van der Waals surface area contributed by atoms with Crippen molar-refractivity contribution in [1.29, 1.82) is 0 Å². The third-order valence-electron chi connectivity index (χ3n) is 5.05. The van der Waals surface area contributed by atoms with Gasteiger partial charge in [-0.2, -0.15) is 0 Å². The lowest BCUT2D eigenvalue weighted by Crippen LogP contribution is -2.59. The molecule has 22 heavy (non-hydrogen) atoms. The van der Waals surface area contributed by atoms with E-state index in [1.165, 1.54) is 0 Å². The van der Waals surface area contributed by atoms with Crippen LogP contribution in [0.25, 0.3) is 0 Å². The Hall–Kier alpha value is -1.84. The van der Waals surface area contributed by atoms with Crippen LogP contribution in [0.4, 0.5) is 4.79 Å². The maximum atomic E-state index is 12.5. The summed E-state index contributed by atoms with van der Waals surface area (Å²) in [5, 5.41) is 0. The molecular weight excluding hydrogens is 278 g/mol. The number of ether oxygens (including phenoxy) is 1. The Morgan fingerprint density at radius 1 is 1.23 bits per heavy atom. The van der Waals surface area contributed by atoms with E-state index in [9.17, 15) is 9.59 Å². The number of hydrogen-bond donors (Lipinski definition) is 0. The van der Waals surface area contributed by atoms with Crippen LogP contribution >= 0.6 is 0 Å². The molecule has 1 aromatic carbocycles. The van der Waals surface area contributed by atoms with Gasteiger partial charge in [0.2, 0.25) is 0 Å². The molecule has 0 unspecified atom stereocenters. The van der Waals surface area contributed by atoms with Crippen molar-refractivity contribution in [3.63, 3.8) is 0 Å². The zero-order valence-corrected chi connectivity index (χ0v) is 13.0. The van der Waals surface area contributed by atoms with Gasteiger partial charge < -0.3 is 4.74 Å². The van der Waals surface area contributed by atoms with Crippen molar-refractivity contribution >= 4 is 11.9 Å². The number of fused-ring (bicyclic) bond motifs is 2. The molecule has 2 aliphatic rings. The third-order valence-corrected chi connectivity index (χ3v) is 5.05. The second kappa shape index (κ2) is 6.51. The van der Waals surface area contributed by atoms with Crippen LogP contribution in [0.1, 0.15) is 44.6 Å². The minimum absolute atomic E-state index is 0.171. The van der Waals surface area contributed by atoms with E-state index in [0.717, 1.165) is 31.2 Å². The van der Waals surface area contributed by atoms with E-state index in [-0.39, 0.29) is 30.6 Å². The summed E-state index contributed by atoms with van der Waals surface area (Å²) in [6.07, 6.45) is 3.94. The standard InChI is InChI=1S/C18H23NO3/c1-2-14-8-9-16-17(20)11-10-15(14)19(16)18(21)22-12-13-6-4-3-5-7-13/h3-7,14-16H,2,8-12H2,1H3/t14-,15-,16-/m1/s1. The van der Waals surface area contributed by atoms with E-state index in [4.69, 9.17) is 4.74 Å². The highest BCUT2D eigenvalue weighted by Crippen LogP contribution is 2.37. The van der Waals surface area contributed by atoms with Gasteiger partial charge in [-0.15, -0.1) is 0 Å². The molecule has 0 aromatic heterocycles. The summed E-state index contributed by atoms with van der Waals surface area (Å²) < 4.78 is 5.48. The summed E-state index contributed by atoms with van der Waals surface area (Å²) in [5.41, 5.74) is 0.969. The molecule has 2 aliphatic heterocycles. The maximum absolute atomic E-state index is 12.5. The molecule has 4 nitrogen and oxygen atoms in total. The van der Waals surface area contributed by atoms with Crippen LogP contribution < -0.4 is 0 Å². The first-order valence-corrected chi connectivity index (χ1v) is 8.22. The van der Waals surface area contributed by atoms with E-state index in [1.807, 2.05) is 30.3 Å². The molecule has 3 atom stereocenters. The Labute approximate surface area is 131 Å². The summed E-state index contributed by atoms with van der Waals surface area (Å²) in [6.45, 7) is 2.43. The average Bonchev–Trinajstić information content (AvgIpc) is 2.56. The Balaban J connectivity index is 1.70. The zero-order valence-electron chi connectivity index (χ0n) is 13.0. The lowest BCUT2D eigenvalue weighted by Gasteiger charge is -2.48. The fraction of sp³-hybridized carbons (Fsp3) is 0.556. The number of Topliss-reactive ketones (excluding diaryl/α,β-unsaturated/α-hetero) is 1. The van der Waals surface area contributed by atoms with E-state index in [0.29, 0.717) is 12.3 Å². The van der Waals surface area contributed by atoms with Crippen LogP contribution in [0.3, 0.4) is 0 Å². The van der Waals surface area contributed by atoms with Crippen LogP contribution in [0.2, 0.25) is 0 Å². The fourth-order valence-electron chi connectivity index (χ4n) is 3.84. The van der Waals surface area contributed by atoms with Gasteiger partial charge in [-0.25, -0.2) is 4.79 Å². The van der Waals surface area contributed by atoms with E-state index in [1.54, 1.807) is 4.90 Å². The van der Waals surface area contributed by atoms with Crippen LogP contribution in [0.15, 0.2) is 30.3 Å². The number of amides is 1. The number of carbonyl (C=O) groups excluding carboxylic acids is 2. The molecule has 2 heterocycles. The summed E-state index contributed by atoms with van der Waals surface area (Å²) in [6, 6.07) is 9.57. The molecule has 0 radical (unpaired) electrons. The number of rotatable bonds is 3. The largest absolute Gasteiger partial charge is 0.445 e. The van der Waals surface area contributed by atoms with Gasteiger partial charge in [-0.3, -0.25) is 9.69 Å². The van der Waals surface area contributed by atoms with Crippen LogP contribution in [0.5, 0.6) is 0 Å². The summed E-state index contributed by atoms with van der Waals surface area (Å²) in [7, 11) is 0. The number of hydrogen-bond acceptors (Lipinski definition) is 3. The molecule has 2 bridgehead atoms. The van der Waals surface area contributed by atoms with E-state index in [2.05, 4.69) is 6.92 Å². The van der Waals surface area contributed by atoms with Gasteiger partial charge in [0, 0.05) is 12.5 Å². The Bertz CT molecular complexity index is 543. The third kappa shape index (κ3) is 2.87. The number of ketones is 1. The Kier molecular flexibility index (Phi) is 4.46. The van der Waals surface area contributed by atoms with E-state index >= 15 is 0 Å². The van der Waals surface area contributed by atoms with Crippen LogP contribution in [-0.2, 0) is 16.1 Å². The highest BCUT2D eigenvalue weighted by molar-refractivity contribution is 5.89. The quantitative estimate of drug-likeness (QED) is 0.858. The van der Waals surface area contributed by atoms with E-state index < -0.39 is 0 Å². The molecular formula is C18H23NO3. The van der Waals surface area contributed by atoms with Gasteiger partial charge >= 0.3 is 6.09 Å². The molecule has 2 saturated heterocycles. The summed E-state index contributed by atoms with van der Waals surface area (Å²) in [4.78, 5) is 26.4. The molecule has 1 amide bonds. The van der Waals surface area contributed by atoms with Crippen molar-refractivity contribution < 1.29 is 14.3 Å². The Morgan fingerprint density at radius 2 is 2.00 bits per heavy atom. The predicted octanol–water partition coefficient (Wildman–Crippen LogP) is 3.55. The highest BCUT2D eigenvalue weighted by Gasteiger charge is 2.46. The minimum atomic E-state index is -0.329. The van der Waals surface area contributed by atoms with Crippen molar-refractivity contribution in [1.82, 2.24) is 4.90 Å². The molecule has 2 fully saturated rings. The normalized spacial score (nSPS) is 27.6. The number of nitrogens with zero attached hydrogens (tertiary/aromatic N) is 1. The lowest BCUT2D eigenvalue weighted by atomic mass is 9.76. The fourth-order valence-corrected chi connectivity index (χ4v) is 3.84. The number of benzene rings is 1. The minimum Gasteiger partial charge on any atom is -0.445 e. The molecule has 0 saturated carbocycles. The predicted molar refractivity (Wildman–Crippen MR) is 83.3 cm³/mol. The molecule has 3 rings (SSSR count). The van der Waals surface area contributed by atoms with Crippen molar-refractivity contribution in [2.45, 2.75) is 57.7 Å². The average molecular weight is 301 g/mol. The van der Waals surface area contributed by atoms with Crippen molar-refractivity contribution in [3.8, 4) is 0 Å². The second-order valence-corrected chi connectivity index (χ2v) is 6.28.